The Morgan fingerprint density at radius 3 is 2.53 bits per heavy atom. The van der Waals surface area contributed by atoms with E-state index in [1.807, 2.05) is 0 Å². The number of rotatable bonds is 4. The van der Waals surface area contributed by atoms with Crippen LogP contribution in [0.5, 0.6) is 0 Å². The molecule has 2 fully saturated rings. The van der Waals surface area contributed by atoms with Crippen LogP contribution in [0, 0.1) is 10.1 Å². The van der Waals surface area contributed by atoms with Crippen LogP contribution < -0.4 is 5.73 Å². The molecule has 2 heterocycles. The maximum Gasteiger partial charge on any atom is 0.320 e. The van der Waals surface area contributed by atoms with Crippen LogP contribution in [0.15, 0.2) is 0 Å². The zero-order valence-electron chi connectivity index (χ0n) is 8.81. The quantitative estimate of drug-likeness (QED) is 0.352. The predicted molar refractivity (Wildman–Crippen MR) is 50.3 cm³/mol. The number of esters is 1. The van der Waals surface area contributed by atoms with Crippen LogP contribution in [0.4, 0.5) is 0 Å². The predicted octanol–water partition coefficient (Wildman–Crippen LogP) is -1.77. The molecule has 0 radical (unpaired) electrons. The van der Waals surface area contributed by atoms with E-state index >= 15 is 0 Å². The van der Waals surface area contributed by atoms with Crippen LogP contribution in [0.1, 0.15) is 0 Å². The molecule has 0 aromatic heterocycles. The van der Waals surface area contributed by atoms with Gasteiger partial charge in [0.25, 0.3) is 5.09 Å². The molecular weight excluding hydrogens is 236 g/mol. The first-order valence-electron chi connectivity index (χ1n) is 5.05. The number of hydrogen-bond donors (Lipinski definition) is 1. The third kappa shape index (κ3) is 2.46. The van der Waals surface area contributed by atoms with Crippen molar-refractivity contribution >= 4 is 5.97 Å². The van der Waals surface area contributed by atoms with Gasteiger partial charge in [-0.1, -0.05) is 0 Å². The summed E-state index contributed by atoms with van der Waals surface area (Å²) in [4.78, 5) is 25.6. The summed E-state index contributed by atoms with van der Waals surface area (Å²) in [6.45, 7) is -0.0751. The van der Waals surface area contributed by atoms with Crippen molar-refractivity contribution in [3.05, 3.63) is 10.1 Å². The summed E-state index contributed by atoms with van der Waals surface area (Å²) in [5.41, 5.74) is 5.11. The van der Waals surface area contributed by atoms with Crippen molar-refractivity contribution in [2.45, 2.75) is 24.4 Å². The fourth-order valence-electron chi connectivity index (χ4n) is 1.95. The van der Waals surface area contributed by atoms with Gasteiger partial charge in [0.1, 0.15) is 12.2 Å². The van der Waals surface area contributed by atoms with Crippen LogP contribution in [0.25, 0.3) is 0 Å². The highest BCUT2D eigenvalue weighted by Gasteiger charge is 2.51. The fraction of sp³-hybridized carbons (Fsp3) is 0.875. The van der Waals surface area contributed by atoms with Crippen LogP contribution >= 0.6 is 0 Å². The summed E-state index contributed by atoms with van der Waals surface area (Å²) < 4.78 is 15.5. The molecule has 9 heteroatoms. The van der Waals surface area contributed by atoms with Gasteiger partial charge >= 0.3 is 5.97 Å². The minimum atomic E-state index is -0.890. The highest BCUT2D eigenvalue weighted by molar-refractivity contribution is 5.71. The van der Waals surface area contributed by atoms with Gasteiger partial charge in [-0.2, -0.15) is 0 Å². The Hall–Kier alpha value is -1.45. The molecular formula is C8H12N2O7. The number of fused-ring (bicyclic) bond motifs is 1. The molecule has 2 saturated heterocycles. The van der Waals surface area contributed by atoms with E-state index < -0.39 is 35.5 Å². The molecule has 2 aliphatic rings. The molecule has 4 atom stereocenters. The van der Waals surface area contributed by atoms with Gasteiger partial charge < -0.3 is 24.8 Å². The zero-order valence-corrected chi connectivity index (χ0v) is 8.81. The van der Waals surface area contributed by atoms with Crippen LogP contribution in [-0.2, 0) is 23.8 Å². The molecule has 0 aliphatic carbocycles. The van der Waals surface area contributed by atoms with Crippen LogP contribution in [0.2, 0.25) is 0 Å². The summed E-state index contributed by atoms with van der Waals surface area (Å²) in [5, 5.41) is 9.33. The summed E-state index contributed by atoms with van der Waals surface area (Å²) in [6, 6.07) is 0. The Bertz CT molecular complexity index is 323. The molecule has 9 nitrogen and oxygen atoms in total. The molecule has 2 rings (SSSR count). The smallest absolute Gasteiger partial charge is 0.320 e. The van der Waals surface area contributed by atoms with Crippen molar-refractivity contribution in [2.24, 2.45) is 5.73 Å². The van der Waals surface area contributed by atoms with E-state index in [2.05, 4.69) is 4.84 Å². The molecule has 0 spiro atoms. The highest BCUT2D eigenvalue weighted by Crippen LogP contribution is 2.30. The number of hydrogen-bond acceptors (Lipinski definition) is 8. The maximum atomic E-state index is 11.0. The van der Waals surface area contributed by atoms with Gasteiger partial charge in [0.2, 0.25) is 0 Å². The first-order chi connectivity index (χ1) is 8.11. The van der Waals surface area contributed by atoms with Gasteiger partial charge in [0, 0.05) is 0 Å². The lowest BCUT2D eigenvalue weighted by atomic mass is 10.1. The van der Waals surface area contributed by atoms with Crippen molar-refractivity contribution in [1.82, 2.24) is 0 Å². The SMILES string of the molecule is NCC(=O)O[C@@H]1CO[C@H]2[C@@H]1OC[C@@H]2O[N+](=O)[O-]. The summed E-state index contributed by atoms with van der Waals surface area (Å²) in [5.74, 6) is -0.568. The van der Waals surface area contributed by atoms with E-state index in [-0.39, 0.29) is 19.8 Å². The Kier molecular flexibility index (Phi) is 3.41. The van der Waals surface area contributed by atoms with Crippen LogP contribution in [0.3, 0.4) is 0 Å². The summed E-state index contributed by atoms with van der Waals surface area (Å²) in [6.07, 6.45) is -2.49. The summed E-state index contributed by atoms with van der Waals surface area (Å²) >= 11 is 0. The second-order valence-electron chi connectivity index (χ2n) is 3.70. The molecule has 0 aromatic rings. The Morgan fingerprint density at radius 1 is 1.35 bits per heavy atom. The van der Waals surface area contributed by atoms with Crippen molar-refractivity contribution in [2.75, 3.05) is 19.8 Å². The third-order valence-electron chi connectivity index (χ3n) is 2.63. The average molecular weight is 248 g/mol. The molecule has 17 heavy (non-hydrogen) atoms. The number of carbonyl (C=O) groups is 1. The molecule has 0 bridgehead atoms. The normalized spacial score (nSPS) is 35.4. The topological polar surface area (TPSA) is 123 Å². The van der Waals surface area contributed by atoms with E-state index in [1.54, 1.807) is 0 Å². The molecule has 0 saturated carbocycles. The molecule has 0 aromatic carbocycles. The van der Waals surface area contributed by atoms with Crippen molar-refractivity contribution in [3.63, 3.8) is 0 Å². The van der Waals surface area contributed by atoms with E-state index in [4.69, 9.17) is 19.9 Å². The number of ether oxygens (including phenoxy) is 3. The second-order valence-corrected chi connectivity index (χ2v) is 3.70. The minimum absolute atomic E-state index is 0.0347. The van der Waals surface area contributed by atoms with E-state index in [0.717, 1.165) is 0 Å². The van der Waals surface area contributed by atoms with Gasteiger partial charge in [-0.25, -0.2) is 0 Å². The standard InChI is InChI=1S/C8H12N2O7/c9-1-6(11)16-4-2-14-8-5(17-10(12)13)3-15-7(4)8/h4-5,7-8H,1-3,9H2/t4-,5+,7-,8-/m1/s1. The van der Waals surface area contributed by atoms with E-state index in [1.165, 1.54) is 0 Å². The monoisotopic (exact) mass is 248 g/mol. The molecule has 0 amide bonds. The van der Waals surface area contributed by atoms with Crippen molar-refractivity contribution in [1.29, 1.82) is 0 Å². The highest BCUT2D eigenvalue weighted by atomic mass is 17.0. The molecule has 2 N–H and O–H groups in total. The number of carbonyl (C=O) groups excluding carboxylic acids is 1. The van der Waals surface area contributed by atoms with Crippen molar-refractivity contribution in [3.8, 4) is 0 Å². The maximum absolute atomic E-state index is 11.0. The molecule has 0 unspecified atom stereocenters. The zero-order chi connectivity index (χ0) is 12.4. The Balaban J connectivity index is 1.92. The Morgan fingerprint density at radius 2 is 1.94 bits per heavy atom. The summed E-state index contributed by atoms with van der Waals surface area (Å²) in [7, 11) is 0. The lowest BCUT2D eigenvalue weighted by Gasteiger charge is -2.16. The average Bonchev–Trinajstić information content (AvgIpc) is 2.83. The number of nitrogens with zero attached hydrogens (tertiary/aromatic N) is 1. The van der Waals surface area contributed by atoms with Gasteiger partial charge in [-0.15, -0.1) is 10.1 Å². The molecule has 2 aliphatic heterocycles. The second kappa shape index (κ2) is 4.82. The lowest BCUT2D eigenvalue weighted by molar-refractivity contribution is -0.769. The molecule has 96 valence electrons. The van der Waals surface area contributed by atoms with E-state index in [9.17, 15) is 14.9 Å². The van der Waals surface area contributed by atoms with Gasteiger partial charge in [0.05, 0.1) is 19.8 Å². The largest absolute Gasteiger partial charge is 0.456 e. The first-order valence-corrected chi connectivity index (χ1v) is 5.05. The van der Waals surface area contributed by atoms with Crippen LogP contribution in [-0.4, -0.2) is 55.2 Å². The van der Waals surface area contributed by atoms with E-state index in [0.29, 0.717) is 0 Å². The third-order valence-corrected chi connectivity index (χ3v) is 2.63. The van der Waals surface area contributed by atoms with Gasteiger partial charge in [-0.3, -0.25) is 4.79 Å². The van der Waals surface area contributed by atoms with Gasteiger partial charge in [-0.05, 0) is 0 Å². The first kappa shape index (κ1) is 12.0. The van der Waals surface area contributed by atoms with Crippen molar-refractivity contribution < 1.29 is 28.9 Å². The Labute approximate surface area is 95.8 Å². The van der Waals surface area contributed by atoms with Gasteiger partial charge in [0.15, 0.2) is 12.2 Å². The lowest BCUT2D eigenvalue weighted by Crippen LogP contribution is -2.36. The number of nitrogens with two attached hydrogens (primary N) is 1. The minimum Gasteiger partial charge on any atom is -0.456 e. The fourth-order valence-corrected chi connectivity index (χ4v) is 1.95.